The number of hydrogen-bond acceptors (Lipinski definition) is 4. The molecule has 2 aromatic carbocycles. The quantitative estimate of drug-likeness (QED) is 0.829. The number of likely N-dealkylation sites (tertiary alicyclic amines) is 1. The van der Waals surface area contributed by atoms with Crippen LogP contribution in [0.2, 0.25) is 0 Å². The van der Waals surface area contributed by atoms with Gasteiger partial charge in [0.2, 0.25) is 0 Å². The molecule has 0 bridgehead atoms. The first-order chi connectivity index (χ1) is 12.5. The summed E-state index contributed by atoms with van der Waals surface area (Å²) in [7, 11) is 1.00. The van der Waals surface area contributed by atoms with E-state index in [-0.39, 0.29) is 17.2 Å². The van der Waals surface area contributed by atoms with E-state index in [1.54, 1.807) is 0 Å². The second-order valence-corrected chi connectivity index (χ2v) is 10.0. The molecule has 0 amide bonds. The van der Waals surface area contributed by atoms with E-state index in [1.165, 1.54) is 16.7 Å². The van der Waals surface area contributed by atoms with E-state index in [9.17, 15) is 8.42 Å². The Hall–Kier alpha value is -1.69. The summed E-state index contributed by atoms with van der Waals surface area (Å²) in [5.74, 6) is 0.530. The third-order valence-electron chi connectivity index (χ3n) is 5.90. The van der Waals surface area contributed by atoms with Crippen molar-refractivity contribution < 1.29 is 8.42 Å². The zero-order valence-corrected chi connectivity index (χ0v) is 16.2. The molecule has 4 nitrogen and oxygen atoms in total. The van der Waals surface area contributed by atoms with Crippen LogP contribution in [0.1, 0.15) is 5.56 Å². The molecule has 0 N–H and O–H groups in total. The third kappa shape index (κ3) is 3.20. The molecule has 3 atom stereocenters. The average molecular weight is 371 g/mol. The molecule has 0 aliphatic carbocycles. The smallest absolute Gasteiger partial charge is 0.156 e. The lowest BCUT2D eigenvalue weighted by Crippen LogP contribution is -2.37. The fourth-order valence-corrected chi connectivity index (χ4v) is 7.08. The van der Waals surface area contributed by atoms with Crippen LogP contribution in [0.4, 0.5) is 0 Å². The fourth-order valence-electron chi connectivity index (χ4n) is 4.57. The van der Waals surface area contributed by atoms with Crippen LogP contribution >= 0.6 is 0 Å². The molecule has 2 fully saturated rings. The second kappa shape index (κ2) is 6.80. The Morgan fingerprint density at radius 3 is 2.42 bits per heavy atom. The first kappa shape index (κ1) is 17.7. The van der Waals surface area contributed by atoms with Gasteiger partial charge in [0.15, 0.2) is 9.84 Å². The first-order valence-corrected chi connectivity index (χ1v) is 10.9. The van der Waals surface area contributed by atoms with Crippen molar-refractivity contribution in [3.8, 4) is 11.1 Å². The van der Waals surface area contributed by atoms with Crippen molar-refractivity contribution in [3.63, 3.8) is 0 Å². The third-order valence-corrected chi connectivity index (χ3v) is 8.13. The van der Waals surface area contributed by atoms with Crippen molar-refractivity contribution in [2.45, 2.75) is 17.8 Å². The monoisotopic (exact) mass is 370 g/mol. The molecule has 0 radical (unpaired) electrons. The summed E-state index contributed by atoms with van der Waals surface area (Å²) in [6.07, 6.45) is 0. The van der Waals surface area contributed by atoms with Crippen LogP contribution in [0.5, 0.6) is 0 Å². The Bertz CT molecular complexity index is 880. The highest BCUT2D eigenvalue weighted by atomic mass is 32.2. The second-order valence-electron chi connectivity index (χ2n) is 7.78. The van der Waals surface area contributed by atoms with E-state index in [2.05, 4.69) is 58.3 Å². The maximum Gasteiger partial charge on any atom is 0.156 e. The molecule has 5 heteroatoms. The SMILES string of the molecule is CN(C)[C@@H]1CS(=O)(=O)[C@H]2CN(Cc3ccccc3-c3ccccc3)C[C@@H]12. The van der Waals surface area contributed by atoms with E-state index >= 15 is 0 Å². The summed E-state index contributed by atoms with van der Waals surface area (Å²) in [5, 5.41) is -0.209. The zero-order valence-electron chi connectivity index (χ0n) is 15.4. The minimum absolute atomic E-state index is 0.138. The van der Waals surface area contributed by atoms with Crippen molar-refractivity contribution in [1.29, 1.82) is 0 Å². The van der Waals surface area contributed by atoms with Crippen LogP contribution in [-0.4, -0.2) is 62.4 Å². The molecule has 2 saturated heterocycles. The van der Waals surface area contributed by atoms with Gasteiger partial charge in [-0.3, -0.25) is 4.90 Å². The van der Waals surface area contributed by atoms with Crippen LogP contribution in [-0.2, 0) is 16.4 Å². The normalized spacial score (nSPS) is 27.7. The molecule has 26 heavy (non-hydrogen) atoms. The van der Waals surface area contributed by atoms with Crippen LogP contribution < -0.4 is 0 Å². The molecule has 2 aliphatic rings. The van der Waals surface area contributed by atoms with Gasteiger partial charge in [0.05, 0.1) is 11.0 Å². The maximum atomic E-state index is 12.6. The van der Waals surface area contributed by atoms with Gasteiger partial charge in [0.1, 0.15) is 0 Å². The van der Waals surface area contributed by atoms with Gasteiger partial charge in [-0.15, -0.1) is 0 Å². The van der Waals surface area contributed by atoms with Gasteiger partial charge in [-0.2, -0.15) is 0 Å². The van der Waals surface area contributed by atoms with E-state index in [0.717, 1.165) is 13.1 Å². The molecule has 0 aromatic heterocycles. The number of rotatable bonds is 4. The number of benzene rings is 2. The van der Waals surface area contributed by atoms with Crippen LogP contribution in [0.3, 0.4) is 0 Å². The molecule has 138 valence electrons. The van der Waals surface area contributed by atoms with Gasteiger partial charge < -0.3 is 4.90 Å². The maximum absolute atomic E-state index is 12.6. The summed E-state index contributed by atoms with van der Waals surface area (Å²) in [6.45, 7) is 2.31. The standard InChI is InChI=1S/C21H26N2O2S/c1-22(2)20-15-26(24,25)21-14-23(13-19(20)21)12-17-10-6-7-11-18(17)16-8-4-3-5-9-16/h3-11,19-21H,12-15H2,1-2H3/t19-,20+,21-/m0/s1. The molecule has 4 rings (SSSR count). The van der Waals surface area contributed by atoms with Crippen molar-refractivity contribution in [2.24, 2.45) is 5.92 Å². The summed E-state index contributed by atoms with van der Waals surface area (Å²) in [6, 6.07) is 19.0. The minimum Gasteiger partial charge on any atom is -0.305 e. The topological polar surface area (TPSA) is 40.6 Å². The highest BCUT2D eigenvalue weighted by Gasteiger charge is 2.52. The highest BCUT2D eigenvalue weighted by molar-refractivity contribution is 7.92. The minimum atomic E-state index is -2.99. The Labute approximate surface area is 156 Å². The predicted molar refractivity (Wildman–Crippen MR) is 106 cm³/mol. The predicted octanol–water partition coefficient (Wildman–Crippen LogP) is 2.51. The Morgan fingerprint density at radius 2 is 1.69 bits per heavy atom. The van der Waals surface area contributed by atoms with Gasteiger partial charge in [0, 0.05) is 31.6 Å². The van der Waals surface area contributed by atoms with E-state index in [1.807, 2.05) is 20.2 Å². The average Bonchev–Trinajstić information content (AvgIpc) is 3.15. The summed E-state index contributed by atoms with van der Waals surface area (Å²) in [4.78, 5) is 4.41. The number of nitrogens with zero attached hydrogens (tertiary/aromatic N) is 2. The summed E-state index contributed by atoms with van der Waals surface area (Å²) in [5.41, 5.74) is 3.70. The van der Waals surface area contributed by atoms with Gasteiger partial charge in [-0.05, 0) is 30.8 Å². The molecule has 2 aromatic rings. The lowest BCUT2D eigenvalue weighted by molar-refractivity contribution is 0.230. The highest BCUT2D eigenvalue weighted by Crippen LogP contribution is 2.37. The zero-order chi connectivity index (χ0) is 18.3. The Balaban J connectivity index is 1.57. The van der Waals surface area contributed by atoms with E-state index in [4.69, 9.17) is 0 Å². The lowest BCUT2D eigenvalue weighted by atomic mass is 9.99. The van der Waals surface area contributed by atoms with Crippen LogP contribution in [0.25, 0.3) is 11.1 Å². The Kier molecular flexibility index (Phi) is 4.63. The van der Waals surface area contributed by atoms with Gasteiger partial charge >= 0.3 is 0 Å². The van der Waals surface area contributed by atoms with Crippen molar-refractivity contribution >= 4 is 9.84 Å². The van der Waals surface area contributed by atoms with E-state index in [0.29, 0.717) is 12.3 Å². The van der Waals surface area contributed by atoms with Crippen molar-refractivity contribution in [3.05, 3.63) is 60.2 Å². The molecular weight excluding hydrogens is 344 g/mol. The van der Waals surface area contributed by atoms with Crippen molar-refractivity contribution in [1.82, 2.24) is 9.80 Å². The van der Waals surface area contributed by atoms with Gasteiger partial charge in [-0.25, -0.2) is 8.42 Å². The van der Waals surface area contributed by atoms with Crippen LogP contribution in [0, 0.1) is 5.92 Å². The molecule has 0 spiro atoms. The molecule has 0 unspecified atom stereocenters. The Morgan fingerprint density at radius 1 is 1.00 bits per heavy atom. The largest absolute Gasteiger partial charge is 0.305 e. The lowest BCUT2D eigenvalue weighted by Gasteiger charge is -2.25. The molecular formula is C21H26N2O2S. The van der Waals surface area contributed by atoms with Crippen LogP contribution in [0.15, 0.2) is 54.6 Å². The number of hydrogen-bond donors (Lipinski definition) is 0. The van der Waals surface area contributed by atoms with E-state index < -0.39 is 9.84 Å². The molecule has 0 saturated carbocycles. The summed E-state index contributed by atoms with van der Waals surface area (Å²) >= 11 is 0. The summed E-state index contributed by atoms with van der Waals surface area (Å²) < 4.78 is 25.2. The fraction of sp³-hybridized carbons (Fsp3) is 0.429. The molecule has 2 aliphatic heterocycles. The van der Waals surface area contributed by atoms with Gasteiger partial charge in [-0.1, -0.05) is 54.6 Å². The number of sulfone groups is 1. The van der Waals surface area contributed by atoms with Crippen molar-refractivity contribution in [2.75, 3.05) is 32.9 Å². The number of fused-ring (bicyclic) bond motifs is 1. The first-order valence-electron chi connectivity index (χ1n) is 9.19. The molecule has 2 heterocycles. The van der Waals surface area contributed by atoms with Gasteiger partial charge in [0.25, 0.3) is 0 Å².